The van der Waals surface area contributed by atoms with Crippen LogP contribution in [-0.2, 0) is 14.3 Å². The molecule has 24 heavy (non-hydrogen) atoms. The molecule has 2 bridgehead atoms. The van der Waals surface area contributed by atoms with Gasteiger partial charge in [0.15, 0.2) is 0 Å². The molecule has 0 unspecified atom stereocenters. The lowest BCUT2D eigenvalue weighted by molar-refractivity contribution is -0.168. The molecular formula is C20H30O4. The zero-order chi connectivity index (χ0) is 17.5. The van der Waals surface area contributed by atoms with E-state index in [1.165, 1.54) is 5.57 Å². The van der Waals surface area contributed by atoms with E-state index in [1.807, 2.05) is 0 Å². The molecule has 0 saturated carbocycles. The predicted molar refractivity (Wildman–Crippen MR) is 92.5 cm³/mol. The van der Waals surface area contributed by atoms with Gasteiger partial charge in [0.25, 0.3) is 0 Å². The van der Waals surface area contributed by atoms with Crippen molar-refractivity contribution in [2.45, 2.75) is 89.1 Å². The molecule has 4 nitrogen and oxygen atoms in total. The Morgan fingerprint density at radius 3 is 2.75 bits per heavy atom. The van der Waals surface area contributed by atoms with Gasteiger partial charge in [0.2, 0.25) is 0 Å². The van der Waals surface area contributed by atoms with Gasteiger partial charge in [-0.15, -0.1) is 0 Å². The van der Waals surface area contributed by atoms with E-state index in [1.54, 1.807) is 6.92 Å². The minimum absolute atomic E-state index is 0.0654. The van der Waals surface area contributed by atoms with Crippen LogP contribution in [0.3, 0.4) is 0 Å². The second-order valence-electron chi connectivity index (χ2n) is 8.29. The first kappa shape index (κ1) is 17.7. The maximum atomic E-state index is 12.2. The van der Waals surface area contributed by atoms with Crippen molar-refractivity contribution in [1.29, 1.82) is 0 Å². The minimum Gasteiger partial charge on any atom is -0.456 e. The summed E-state index contributed by atoms with van der Waals surface area (Å²) in [6.45, 7) is 10.0. The summed E-state index contributed by atoms with van der Waals surface area (Å²) in [7, 11) is 0. The van der Waals surface area contributed by atoms with E-state index in [2.05, 4.69) is 26.5 Å². The molecule has 0 spiro atoms. The number of epoxide rings is 1. The molecule has 0 radical (unpaired) electrons. The zero-order valence-electron chi connectivity index (χ0n) is 15.1. The van der Waals surface area contributed by atoms with Gasteiger partial charge in [-0.25, -0.2) is 4.79 Å². The second kappa shape index (κ2) is 6.30. The van der Waals surface area contributed by atoms with Crippen LogP contribution in [0, 0.1) is 5.92 Å². The van der Waals surface area contributed by atoms with E-state index in [0.717, 1.165) is 32.1 Å². The van der Waals surface area contributed by atoms with Crippen molar-refractivity contribution < 1.29 is 19.4 Å². The summed E-state index contributed by atoms with van der Waals surface area (Å²) in [6.07, 6.45) is 7.98. The lowest BCUT2D eigenvalue weighted by Crippen LogP contribution is -2.47. The Labute approximate surface area is 144 Å². The first-order valence-electron chi connectivity index (χ1n) is 9.17. The molecule has 2 aliphatic heterocycles. The molecule has 134 valence electrons. The highest BCUT2D eigenvalue weighted by Gasteiger charge is 2.52. The standard InChI is InChI=1S/C20H30O4/c1-13-6-5-10-19(3,22)17-12-15(14(2)18(21)23-17)9-11-20(4)16(24-20)8-7-13/h6,15-17,22H,2,5,7-12H2,1,3-4H3/b13-6+/t15-,16-,17+,19+,20-/m1/s1. The Bertz CT molecular complexity index is 562. The zero-order valence-corrected chi connectivity index (χ0v) is 15.1. The monoisotopic (exact) mass is 334 g/mol. The summed E-state index contributed by atoms with van der Waals surface area (Å²) in [5, 5.41) is 10.8. The van der Waals surface area contributed by atoms with Crippen LogP contribution in [0.1, 0.15) is 65.7 Å². The summed E-state index contributed by atoms with van der Waals surface area (Å²) < 4.78 is 11.4. The van der Waals surface area contributed by atoms with E-state index < -0.39 is 11.7 Å². The van der Waals surface area contributed by atoms with Crippen molar-refractivity contribution in [3.8, 4) is 0 Å². The molecule has 2 heterocycles. The number of carbonyl (C=O) groups excluding carboxylic acids is 1. The Morgan fingerprint density at radius 1 is 1.25 bits per heavy atom. The van der Waals surface area contributed by atoms with Gasteiger partial charge in [-0.05, 0) is 71.6 Å². The third kappa shape index (κ3) is 3.60. The second-order valence-corrected chi connectivity index (χ2v) is 8.29. The molecular weight excluding hydrogens is 304 g/mol. The number of carbonyl (C=O) groups is 1. The van der Waals surface area contributed by atoms with Crippen LogP contribution >= 0.6 is 0 Å². The van der Waals surface area contributed by atoms with E-state index >= 15 is 0 Å². The van der Waals surface area contributed by atoms with Gasteiger partial charge >= 0.3 is 5.97 Å². The number of fused-ring (bicyclic) bond motifs is 3. The molecule has 5 atom stereocenters. The van der Waals surface area contributed by atoms with E-state index in [4.69, 9.17) is 9.47 Å². The Balaban J connectivity index is 1.80. The minimum atomic E-state index is -1.00. The number of ether oxygens (including phenoxy) is 2. The van der Waals surface area contributed by atoms with Gasteiger partial charge in [-0.3, -0.25) is 0 Å². The highest BCUT2D eigenvalue weighted by Crippen LogP contribution is 2.46. The number of allylic oxidation sites excluding steroid dienone is 2. The van der Waals surface area contributed by atoms with Crippen LogP contribution in [0.2, 0.25) is 0 Å². The first-order chi connectivity index (χ1) is 11.2. The van der Waals surface area contributed by atoms with Crippen LogP contribution in [0.15, 0.2) is 23.8 Å². The molecule has 1 aliphatic carbocycles. The number of hydrogen-bond acceptors (Lipinski definition) is 4. The number of aliphatic hydroxyl groups is 1. The Hall–Kier alpha value is -1.13. The fourth-order valence-corrected chi connectivity index (χ4v) is 4.06. The summed E-state index contributed by atoms with van der Waals surface area (Å²) in [5.74, 6) is -0.279. The van der Waals surface area contributed by atoms with E-state index in [-0.39, 0.29) is 17.5 Å². The summed E-state index contributed by atoms with van der Waals surface area (Å²) in [6, 6.07) is 0. The maximum Gasteiger partial charge on any atom is 0.334 e. The van der Waals surface area contributed by atoms with Gasteiger partial charge < -0.3 is 14.6 Å². The number of esters is 1. The Kier molecular flexibility index (Phi) is 4.65. The number of hydrogen-bond donors (Lipinski definition) is 1. The van der Waals surface area contributed by atoms with Crippen LogP contribution in [-0.4, -0.2) is 34.5 Å². The quantitative estimate of drug-likeness (QED) is 0.318. The molecule has 0 aromatic rings. The van der Waals surface area contributed by atoms with Crippen molar-refractivity contribution in [2.75, 3.05) is 0 Å². The average molecular weight is 334 g/mol. The lowest BCUT2D eigenvalue weighted by atomic mass is 9.79. The normalized spacial score (nSPS) is 46.2. The lowest BCUT2D eigenvalue weighted by Gasteiger charge is -2.39. The predicted octanol–water partition coefficient (Wildman–Crippen LogP) is 3.68. The van der Waals surface area contributed by atoms with Crippen LogP contribution in [0.5, 0.6) is 0 Å². The van der Waals surface area contributed by atoms with Gasteiger partial charge in [-0.2, -0.15) is 0 Å². The molecule has 3 aliphatic rings. The first-order valence-corrected chi connectivity index (χ1v) is 9.17. The van der Waals surface area contributed by atoms with Crippen molar-refractivity contribution in [3.05, 3.63) is 23.8 Å². The summed E-state index contributed by atoms with van der Waals surface area (Å²) in [4.78, 5) is 12.2. The van der Waals surface area contributed by atoms with Gasteiger partial charge in [0, 0.05) is 5.57 Å². The molecule has 2 saturated heterocycles. The highest BCUT2D eigenvalue weighted by atomic mass is 16.6. The van der Waals surface area contributed by atoms with Crippen LogP contribution < -0.4 is 0 Å². The number of rotatable bonds is 0. The van der Waals surface area contributed by atoms with Crippen LogP contribution in [0.4, 0.5) is 0 Å². The van der Waals surface area contributed by atoms with Crippen molar-refractivity contribution in [2.24, 2.45) is 5.92 Å². The fraction of sp³-hybridized carbons (Fsp3) is 0.750. The topological polar surface area (TPSA) is 59.1 Å². The summed E-state index contributed by atoms with van der Waals surface area (Å²) in [5.41, 5.74) is 0.820. The van der Waals surface area contributed by atoms with E-state index in [9.17, 15) is 9.90 Å². The SMILES string of the molecule is C=C1C(=O)O[C@H]2C[C@H]1CC[C@@]1(C)O[C@@H]1CC/C(C)=C/CC[C@]2(C)O. The largest absolute Gasteiger partial charge is 0.456 e. The fourth-order valence-electron chi connectivity index (χ4n) is 4.06. The van der Waals surface area contributed by atoms with Crippen molar-refractivity contribution in [1.82, 2.24) is 0 Å². The van der Waals surface area contributed by atoms with Crippen molar-refractivity contribution >= 4 is 5.97 Å². The molecule has 3 rings (SSSR count). The highest BCUT2D eigenvalue weighted by molar-refractivity contribution is 5.89. The average Bonchev–Trinajstić information content (AvgIpc) is 3.16. The van der Waals surface area contributed by atoms with E-state index in [0.29, 0.717) is 24.5 Å². The van der Waals surface area contributed by atoms with Crippen molar-refractivity contribution in [3.63, 3.8) is 0 Å². The third-order valence-corrected chi connectivity index (χ3v) is 6.17. The third-order valence-electron chi connectivity index (χ3n) is 6.17. The molecule has 0 aromatic carbocycles. The molecule has 1 N–H and O–H groups in total. The van der Waals surface area contributed by atoms with Gasteiger partial charge in [0.1, 0.15) is 6.10 Å². The summed E-state index contributed by atoms with van der Waals surface area (Å²) >= 11 is 0. The maximum absolute atomic E-state index is 12.2. The molecule has 4 heteroatoms. The molecule has 0 amide bonds. The smallest absolute Gasteiger partial charge is 0.334 e. The van der Waals surface area contributed by atoms with Gasteiger partial charge in [-0.1, -0.05) is 18.2 Å². The van der Waals surface area contributed by atoms with Crippen LogP contribution in [0.25, 0.3) is 0 Å². The Morgan fingerprint density at radius 2 is 2.00 bits per heavy atom. The molecule has 2 fully saturated rings. The van der Waals surface area contributed by atoms with Gasteiger partial charge in [0.05, 0.1) is 17.3 Å². The molecule has 0 aromatic heterocycles.